The third-order valence-electron chi connectivity index (χ3n) is 1.91. The quantitative estimate of drug-likeness (QED) is 0.769. The Morgan fingerprint density at radius 3 is 2.14 bits per heavy atom. The molecule has 0 aliphatic carbocycles. The number of hydrogen-bond donors (Lipinski definition) is 1. The first-order chi connectivity index (χ1) is 6.51. The Labute approximate surface area is 87.4 Å². The molecule has 78 valence electrons. The van der Waals surface area contributed by atoms with Crippen molar-refractivity contribution >= 4 is 14.0 Å². The first-order valence-corrected chi connectivity index (χ1v) is 8.33. The maximum Gasteiger partial charge on any atom is 0.184 e. The highest BCUT2D eigenvalue weighted by Gasteiger charge is 2.13. The van der Waals surface area contributed by atoms with Crippen molar-refractivity contribution in [1.82, 2.24) is 0 Å². The van der Waals surface area contributed by atoms with Gasteiger partial charge in [-0.1, -0.05) is 12.1 Å². The Kier molecular flexibility index (Phi) is 3.72. The van der Waals surface area contributed by atoms with Crippen molar-refractivity contribution in [2.24, 2.45) is 0 Å². The van der Waals surface area contributed by atoms with Crippen molar-refractivity contribution in [3.63, 3.8) is 0 Å². The van der Waals surface area contributed by atoms with Gasteiger partial charge in [0, 0.05) is 12.7 Å². The normalized spacial score (nSPS) is 11.4. The summed E-state index contributed by atoms with van der Waals surface area (Å²) in [5.74, 6) is 0. The van der Waals surface area contributed by atoms with Crippen LogP contribution in [-0.2, 0) is 11.0 Å². The Morgan fingerprint density at radius 2 is 1.71 bits per heavy atom. The maximum atomic E-state index is 5.81. The van der Waals surface area contributed by atoms with E-state index >= 15 is 0 Å². The fourth-order valence-electron chi connectivity index (χ4n) is 1.07. The molecule has 0 heterocycles. The minimum atomic E-state index is -1.38. The SMILES string of the molecule is CNc1ccc(CO[Si](C)(C)C)cc1. The first-order valence-electron chi connectivity index (χ1n) is 4.92. The summed E-state index contributed by atoms with van der Waals surface area (Å²) in [4.78, 5) is 0. The summed E-state index contributed by atoms with van der Waals surface area (Å²) in [7, 11) is 0.547. The molecule has 0 aliphatic heterocycles. The smallest absolute Gasteiger partial charge is 0.184 e. The van der Waals surface area contributed by atoms with E-state index in [9.17, 15) is 0 Å². The van der Waals surface area contributed by atoms with Crippen LogP contribution in [0.25, 0.3) is 0 Å². The predicted octanol–water partition coefficient (Wildman–Crippen LogP) is 3.08. The fraction of sp³-hybridized carbons (Fsp3) is 0.455. The molecule has 1 N–H and O–H groups in total. The van der Waals surface area contributed by atoms with Crippen LogP contribution in [0.15, 0.2) is 24.3 Å². The number of hydrogen-bond acceptors (Lipinski definition) is 2. The average molecular weight is 209 g/mol. The van der Waals surface area contributed by atoms with Gasteiger partial charge in [0.1, 0.15) is 0 Å². The van der Waals surface area contributed by atoms with Crippen LogP contribution >= 0.6 is 0 Å². The van der Waals surface area contributed by atoms with Crippen molar-refractivity contribution in [3.05, 3.63) is 29.8 Å². The first kappa shape index (κ1) is 11.3. The van der Waals surface area contributed by atoms with E-state index < -0.39 is 8.32 Å². The summed E-state index contributed by atoms with van der Waals surface area (Å²) in [6, 6.07) is 8.35. The van der Waals surface area contributed by atoms with E-state index in [1.54, 1.807) is 0 Å². The lowest BCUT2D eigenvalue weighted by Crippen LogP contribution is -2.24. The summed E-state index contributed by atoms with van der Waals surface area (Å²) < 4.78 is 5.81. The van der Waals surface area contributed by atoms with E-state index in [0.717, 1.165) is 12.3 Å². The van der Waals surface area contributed by atoms with E-state index in [4.69, 9.17) is 4.43 Å². The van der Waals surface area contributed by atoms with Crippen molar-refractivity contribution in [2.75, 3.05) is 12.4 Å². The van der Waals surface area contributed by atoms with E-state index in [0.29, 0.717) is 0 Å². The largest absolute Gasteiger partial charge is 0.413 e. The van der Waals surface area contributed by atoms with E-state index in [1.165, 1.54) is 5.56 Å². The molecule has 1 aromatic carbocycles. The zero-order valence-corrected chi connectivity index (χ0v) is 10.4. The minimum absolute atomic E-state index is 0.736. The van der Waals surface area contributed by atoms with Crippen LogP contribution in [0.3, 0.4) is 0 Å². The molecule has 0 fully saturated rings. The predicted molar refractivity (Wildman–Crippen MR) is 64.1 cm³/mol. The van der Waals surface area contributed by atoms with Crippen molar-refractivity contribution in [2.45, 2.75) is 26.2 Å². The molecule has 1 rings (SSSR count). The molecule has 0 unspecified atom stereocenters. The van der Waals surface area contributed by atoms with Gasteiger partial charge in [0.2, 0.25) is 0 Å². The zero-order valence-electron chi connectivity index (χ0n) is 9.42. The number of benzene rings is 1. The molecular weight excluding hydrogens is 190 g/mol. The fourth-order valence-corrected chi connectivity index (χ4v) is 1.67. The molecule has 0 radical (unpaired) electrons. The van der Waals surface area contributed by atoms with Crippen LogP contribution in [0.1, 0.15) is 5.56 Å². The molecule has 0 aromatic heterocycles. The Bertz CT molecular complexity index is 276. The Morgan fingerprint density at radius 1 is 1.14 bits per heavy atom. The molecule has 3 heteroatoms. The molecule has 0 atom stereocenters. The van der Waals surface area contributed by atoms with Gasteiger partial charge in [0.05, 0.1) is 6.61 Å². The topological polar surface area (TPSA) is 21.3 Å². The van der Waals surface area contributed by atoms with Crippen LogP contribution < -0.4 is 5.32 Å². The molecule has 0 saturated carbocycles. The van der Waals surface area contributed by atoms with Crippen LogP contribution in [0.2, 0.25) is 19.6 Å². The molecule has 2 nitrogen and oxygen atoms in total. The summed E-state index contributed by atoms with van der Waals surface area (Å²) in [6.07, 6.45) is 0. The summed E-state index contributed by atoms with van der Waals surface area (Å²) >= 11 is 0. The molecule has 0 saturated heterocycles. The summed E-state index contributed by atoms with van der Waals surface area (Å²) in [6.45, 7) is 7.35. The van der Waals surface area contributed by atoms with Gasteiger partial charge in [-0.25, -0.2) is 0 Å². The summed E-state index contributed by atoms with van der Waals surface area (Å²) in [5.41, 5.74) is 2.38. The van der Waals surface area contributed by atoms with Gasteiger partial charge in [0.25, 0.3) is 0 Å². The maximum absolute atomic E-state index is 5.81. The number of rotatable bonds is 4. The highest BCUT2D eigenvalue weighted by Crippen LogP contribution is 2.12. The average Bonchev–Trinajstić information content (AvgIpc) is 2.14. The number of nitrogens with one attached hydrogen (secondary N) is 1. The second-order valence-corrected chi connectivity index (χ2v) is 8.86. The lowest BCUT2D eigenvalue weighted by molar-refractivity contribution is 0.299. The third kappa shape index (κ3) is 3.94. The molecule has 0 bridgehead atoms. The third-order valence-corrected chi connectivity index (χ3v) is 2.92. The van der Waals surface area contributed by atoms with Crippen LogP contribution in [0, 0.1) is 0 Å². The summed E-state index contributed by atoms with van der Waals surface area (Å²) in [5, 5.41) is 3.09. The highest BCUT2D eigenvalue weighted by atomic mass is 28.4. The second kappa shape index (κ2) is 4.62. The molecule has 0 spiro atoms. The standard InChI is InChI=1S/C11H19NOSi/c1-12-11-7-5-10(6-8-11)9-13-14(2,3)4/h5-8,12H,9H2,1-4H3. The van der Waals surface area contributed by atoms with Gasteiger partial charge in [0.15, 0.2) is 8.32 Å². The Hall–Kier alpha value is -0.803. The van der Waals surface area contributed by atoms with Crippen molar-refractivity contribution < 1.29 is 4.43 Å². The van der Waals surface area contributed by atoms with E-state index in [-0.39, 0.29) is 0 Å². The lowest BCUT2D eigenvalue weighted by Gasteiger charge is -2.17. The zero-order chi connectivity index (χ0) is 10.6. The van der Waals surface area contributed by atoms with Crippen LogP contribution in [-0.4, -0.2) is 15.4 Å². The van der Waals surface area contributed by atoms with Crippen LogP contribution in [0.4, 0.5) is 5.69 Å². The molecule has 1 aromatic rings. The highest BCUT2D eigenvalue weighted by molar-refractivity contribution is 6.69. The van der Waals surface area contributed by atoms with Gasteiger partial charge < -0.3 is 9.74 Å². The van der Waals surface area contributed by atoms with Gasteiger partial charge in [-0.3, -0.25) is 0 Å². The van der Waals surface area contributed by atoms with Crippen LogP contribution in [0.5, 0.6) is 0 Å². The van der Waals surface area contributed by atoms with Gasteiger partial charge in [-0.2, -0.15) is 0 Å². The molecule has 14 heavy (non-hydrogen) atoms. The van der Waals surface area contributed by atoms with E-state index in [2.05, 4.69) is 49.2 Å². The van der Waals surface area contributed by atoms with Crippen molar-refractivity contribution in [1.29, 1.82) is 0 Å². The van der Waals surface area contributed by atoms with Gasteiger partial charge in [-0.15, -0.1) is 0 Å². The molecule has 0 amide bonds. The second-order valence-electron chi connectivity index (χ2n) is 4.35. The van der Waals surface area contributed by atoms with Gasteiger partial charge >= 0.3 is 0 Å². The number of anilines is 1. The monoisotopic (exact) mass is 209 g/mol. The van der Waals surface area contributed by atoms with E-state index in [1.807, 2.05) is 7.05 Å². The molecule has 0 aliphatic rings. The van der Waals surface area contributed by atoms with Gasteiger partial charge in [-0.05, 0) is 37.3 Å². The lowest BCUT2D eigenvalue weighted by atomic mass is 10.2. The molecular formula is C11H19NOSi. The van der Waals surface area contributed by atoms with Crippen molar-refractivity contribution in [3.8, 4) is 0 Å². The Balaban J connectivity index is 2.52. The minimum Gasteiger partial charge on any atom is -0.413 e.